The number of tetrazole rings is 1. The molecule has 1 saturated carbocycles. The molecule has 0 saturated heterocycles. The Morgan fingerprint density at radius 3 is 2.44 bits per heavy atom. The van der Waals surface area contributed by atoms with Gasteiger partial charge in [0.15, 0.2) is 5.82 Å². The summed E-state index contributed by atoms with van der Waals surface area (Å²) in [7, 11) is 0. The molecule has 7 nitrogen and oxygen atoms in total. The molecule has 1 fully saturated rings. The second kappa shape index (κ2) is 9.97. The van der Waals surface area contributed by atoms with Gasteiger partial charge in [0.05, 0.1) is 12.2 Å². The molecule has 2 aromatic heterocycles. The van der Waals surface area contributed by atoms with E-state index in [-0.39, 0.29) is 11.7 Å². The molecule has 0 bridgehead atoms. The summed E-state index contributed by atoms with van der Waals surface area (Å²) in [6.07, 6.45) is 7.37. The highest BCUT2D eigenvalue weighted by Crippen LogP contribution is 2.32. The van der Waals surface area contributed by atoms with E-state index in [2.05, 4.69) is 57.9 Å². The summed E-state index contributed by atoms with van der Waals surface area (Å²) in [6, 6.07) is 16.6. The number of hydrogen-bond donors (Lipinski definition) is 1. The molecule has 0 atom stereocenters. The average molecular weight is 477 g/mol. The molecule has 2 aromatic carbocycles. The van der Waals surface area contributed by atoms with E-state index in [9.17, 15) is 4.79 Å². The van der Waals surface area contributed by atoms with Gasteiger partial charge >= 0.3 is 5.69 Å². The van der Waals surface area contributed by atoms with Gasteiger partial charge in [-0.25, -0.2) is 9.89 Å². The lowest BCUT2D eigenvalue weighted by Gasteiger charge is -2.22. The van der Waals surface area contributed by atoms with Gasteiger partial charge in [-0.05, 0) is 46.4 Å². The van der Waals surface area contributed by atoms with Crippen LogP contribution in [0.1, 0.15) is 62.7 Å². The molecule has 4 aromatic rings. The number of imidazole rings is 1. The summed E-state index contributed by atoms with van der Waals surface area (Å²) in [5, 5.41) is 14.9. The van der Waals surface area contributed by atoms with E-state index in [0.29, 0.717) is 17.5 Å². The minimum Gasteiger partial charge on any atom is -0.290 e. The van der Waals surface area contributed by atoms with Gasteiger partial charge in [0.1, 0.15) is 5.15 Å². The number of halogens is 1. The molecule has 1 N–H and O–H groups in total. The second-order valence-electron chi connectivity index (χ2n) is 9.01. The predicted molar refractivity (Wildman–Crippen MR) is 134 cm³/mol. The Labute approximate surface area is 203 Å². The van der Waals surface area contributed by atoms with Gasteiger partial charge in [-0.1, -0.05) is 92.7 Å². The third kappa shape index (κ3) is 4.32. The molecule has 0 amide bonds. The van der Waals surface area contributed by atoms with Crippen LogP contribution in [0.3, 0.4) is 0 Å². The molecule has 0 aliphatic heterocycles. The molecule has 34 heavy (non-hydrogen) atoms. The van der Waals surface area contributed by atoms with E-state index in [1.165, 1.54) is 6.42 Å². The maximum atomic E-state index is 13.5. The molecule has 2 heterocycles. The molecule has 0 spiro atoms. The fourth-order valence-electron chi connectivity index (χ4n) is 5.06. The van der Waals surface area contributed by atoms with Crippen LogP contribution in [0.2, 0.25) is 5.15 Å². The van der Waals surface area contributed by atoms with E-state index < -0.39 is 0 Å². The normalized spacial score (nSPS) is 14.5. The highest BCUT2D eigenvalue weighted by atomic mass is 35.5. The SMILES string of the molecule is CCCc1c(Cl)n(C2CCCCC2)c(=O)n1Cc1ccc(-c2ccccc2-c2nnn[nH]2)cc1. The van der Waals surface area contributed by atoms with Crippen molar-refractivity contribution in [3.05, 3.63) is 75.4 Å². The van der Waals surface area contributed by atoms with Crippen molar-refractivity contribution < 1.29 is 0 Å². The Hall–Kier alpha value is -3.19. The van der Waals surface area contributed by atoms with Crippen molar-refractivity contribution in [1.29, 1.82) is 0 Å². The number of hydrogen-bond acceptors (Lipinski definition) is 4. The monoisotopic (exact) mass is 476 g/mol. The lowest BCUT2D eigenvalue weighted by molar-refractivity contribution is 0.344. The van der Waals surface area contributed by atoms with Crippen LogP contribution in [0.15, 0.2) is 53.3 Å². The summed E-state index contributed by atoms with van der Waals surface area (Å²) in [5.41, 5.74) is 5.09. The smallest absolute Gasteiger partial charge is 0.290 e. The third-order valence-electron chi connectivity index (χ3n) is 6.77. The highest BCUT2D eigenvalue weighted by Gasteiger charge is 2.25. The van der Waals surface area contributed by atoms with Crippen LogP contribution in [0.5, 0.6) is 0 Å². The van der Waals surface area contributed by atoms with Crippen LogP contribution in [0, 0.1) is 0 Å². The molecule has 1 aliphatic carbocycles. The van der Waals surface area contributed by atoms with Crippen molar-refractivity contribution in [1.82, 2.24) is 29.8 Å². The quantitative estimate of drug-likeness (QED) is 0.373. The third-order valence-corrected chi connectivity index (χ3v) is 7.17. The molecule has 0 radical (unpaired) electrons. The standard InChI is InChI=1S/C26H29ClN6O/c1-2-8-23-24(27)33(20-9-4-3-5-10-20)26(34)32(23)17-18-13-15-19(16-14-18)21-11-6-7-12-22(21)25-28-30-31-29-25/h6-7,11-16,20H,2-5,8-10,17H2,1H3,(H,28,29,30,31). The Balaban J connectivity index is 1.46. The highest BCUT2D eigenvalue weighted by molar-refractivity contribution is 6.30. The number of benzene rings is 2. The summed E-state index contributed by atoms with van der Waals surface area (Å²) >= 11 is 6.81. The first-order valence-corrected chi connectivity index (χ1v) is 12.5. The number of rotatable bonds is 7. The average Bonchev–Trinajstić information content (AvgIpc) is 3.49. The largest absolute Gasteiger partial charge is 0.330 e. The van der Waals surface area contributed by atoms with E-state index in [4.69, 9.17) is 11.6 Å². The zero-order chi connectivity index (χ0) is 23.5. The van der Waals surface area contributed by atoms with Crippen molar-refractivity contribution in [2.75, 3.05) is 0 Å². The van der Waals surface area contributed by atoms with Gasteiger partial charge in [0.25, 0.3) is 0 Å². The van der Waals surface area contributed by atoms with Gasteiger partial charge in [0, 0.05) is 11.6 Å². The van der Waals surface area contributed by atoms with Crippen molar-refractivity contribution in [2.24, 2.45) is 0 Å². The maximum Gasteiger partial charge on any atom is 0.330 e. The van der Waals surface area contributed by atoms with Gasteiger partial charge in [-0.3, -0.25) is 9.13 Å². The van der Waals surface area contributed by atoms with E-state index >= 15 is 0 Å². The summed E-state index contributed by atoms with van der Waals surface area (Å²) in [4.78, 5) is 13.5. The minimum absolute atomic E-state index is 0.0209. The molecule has 5 rings (SSSR count). The molecule has 0 unspecified atom stereocenters. The van der Waals surface area contributed by atoms with Crippen molar-refractivity contribution in [3.63, 3.8) is 0 Å². The second-order valence-corrected chi connectivity index (χ2v) is 9.37. The van der Waals surface area contributed by atoms with E-state index in [1.807, 2.05) is 27.3 Å². The minimum atomic E-state index is 0.0209. The molecular formula is C26H29ClN6O. The lowest BCUT2D eigenvalue weighted by atomic mass is 9.95. The van der Waals surface area contributed by atoms with Gasteiger partial charge in [-0.2, -0.15) is 0 Å². The Morgan fingerprint density at radius 1 is 1.03 bits per heavy atom. The van der Waals surface area contributed by atoms with Crippen LogP contribution < -0.4 is 5.69 Å². The number of nitrogens with zero attached hydrogens (tertiary/aromatic N) is 5. The van der Waals surface area contributed by atoms with Gasteiger partial charge in [0.2, 0.25) is 0 Å². The summed E-state index contributed by atoms with van der Waals surface area (Å²) in [6.45, 7) is 2.64. The van der Waals surface area contributed by atoms with Crippen LogP contribution in [-0.4, -0.2) is 29.8 Å². The number of H-pyrrole nitrogens is 1. The van der Waals surface area contributed by atoms with E-state index in [0.717, 1.165) is 66.5 Å². The maximum absolute atomic E-state index is 13.5. The van der Waals surface area contributed by atoms with Crippen LogP contribution >= 0.6 is 11.6 Å². The topological polar surface area (TPSA) is 81.4 Å². The van der Waals surface area contributed by atoms with Crippen LogP contribution in [0.4, 0.5) is 0 Å². The molecule has 8 heteroatoms. The fraction of sp³-hybridized carbons (Fsp3) is 0.385. The predicted octanol–water partition coefficient (Wildman–Crippen LogP) is 5.66. The summed E-state index contributed by atoms with van der Waals surface area (Å²) < 4.78 is 3.74. The first kappa shape index (κ1) is 22.6. The van der Waals surface area contributed by atoms with Crippen molar-refractivity contribution in [3.8, 4) is 22.5 Å². The summed E-state index contributed by atoms with van der Waals surface area (Å²) in [5.74, 6) is 0.633. The Kier molecular flexibility index (Phi) is 6.63. The first-order chi connectivity index (χ1) is 16.7. The van der Waals surface area contributed by atoms with Crippen molar-refractivity contribution >= 4 is 11.6 Å². The van der Waals surface area contributed by atoms with Gasteiger partial charge in [-0.15, -0.1) is 5.10 Å². The molecular weight excluding hydrogens is 448 g/mol. The Morgan fingerprint density at radius 2 is 1.76 bits per heavy atom. The zero-order valence-corrected chi connectivity index (χ0v) is 20.1. The molecule has 176 valence electrons. The zero-order valence-electron chi connectivity index (χ0n) is 19.4. The van der Waals surface area contributed by atoms with Gasteiger partial charge < -0.3 is 0 Å². The van der Waals surface area contributed by atoms with Crippen LogP contribution in [0.25, 0.3) is 22.5 Å². The number of nitrogens with one attached hydrogen (secondary N) is 1. The fourth-order valence-corrected chi connectivity index (χ4v) is 5.47. The lowest BCUT2D eigenvalue weighted by Crippen LogP contribution is -2.29. The number of aromatic amines is 1. The van der Waals surface area contributed by atoms with E-state index in [1.54, 1.807) is 0 Å². The first-order valence-electron chi connectivity index (χ1n) is 12.1. The van der Waals surface area contributed by atoms with Crippen molar-refractivity contribution in [2.45, 2.75) is 64.5 Å². The Bertz CT molecular complexity index is 1300. The van der Waals surface area contributed by atoms with Crippen LogP contribution in [-0.2, 0) is 13.0 Å². The molecule has 1 aliphatic rings. The number of aromatic nitrogens is 6.